The number of nitrogens with one attached hydrogen (secondary N) is 2. The first-order chi connectivity index (χ1) is 12.6. The molecule has 2 aliphatic rings. The van der Waals surface area contributed by atoms with Gasteiger partial charge >= 0.3 is 0 Å². The van der Waals surface area contributed by atoms with Crippen molar-refractivity contribution in [2.75, 3.05) is 16.8 Å². The lowest BCUT2D eigenvalue weighted by Crippen LogP contribution is -2.39. The number of amides is 2. The Hall–Kier alpha value is -3.14. The van der Waals surface area contributed by atoms with Gasteiger partial charge < -0.3 is 10.2 Å². The molecule has 0 bridgehead atoms. The minimum Gasteiger partial charge on any atom is -0.321 e. The van der Waals surface area contributed by atoms with Crippen LogP contribution in [0.2, 0.25) is 0 Å². The van der Waals surface area contributed by atoms with Gasteiger partial charge in [-0.05, 0) is 49.1 Å². The molecular weight excluding hydrogens is 330 g/mol. The molecule has 1 aromatic carbocycles. The first-order valence-electron chi connectivity index (χ1n) is 8.71. The highest BCUT2D eigenvalue weighted by Gasteiger charge is 2.45. The minimum absolute atomic E-state index is 0.0352. The molecule has 0 unspecified atom stereocenters. The number of carbonyl (C=O) groups excluding carboxylic acids is 2. The number of aromatic nitrogens is 2. The average Bonchev–Trinajstić information content (AvgIpc) is 3.17. The van der Waals surface area contributed by atoms with E-state index in [2.05, 4.69) is 21.6 Å². The molecule has 7 heteroatoms. The lowest BCUT2D eigenvalue weighted by molar-refractivity contribution is -0.119. The SMILES string of the molecule is N#CCC1(CN2C(=O)CCc3cc(NC(=O)c4ccn[nH]4)ccc32)CC1. The molecular formula is C19H19N5O2. The van der Waals surface area contributed by atoms with Crippen molar-refractivity contribution >= 4 is 23.2 Å². The van der Waals surface area contributed by atoms with Crippen molar-refractivity contribution in [2.45, 2.75) is 32.1 Å². The fourth-order valence-corrected chi connectivity index (χ4v) is 3.46. The lowest BCUT2D eigenvalue weighted by atomic mass is 9.96. The molecule has 1 aromatic heterocycles. The number of aromatic amines is 1. The number of nitriles is 1. The monoisotopic (exact) mass is 349 g/mol. The van der Waals surface area contributed by atoms with E-state index in [1.807, 2.05) is 23.1 Å². The maximum absolute atomic E-state index is 12.4. The lowest BCUT2D eigenvalue weighted by Gasteiger charge is -2.32. The summed E-state index contributed by atoms with van der Waals surface area (Å²) >= 11 is 0. The van der Waals surface area contributed by atoms with E-state index in [0.29, 0.717) is 37.2 Å². The molecule has 2 aromatic rings. The Kier molecular flexibility index (Phi) is 3.96. The van der Waals surface area contributed by atoms with Gasteiger partial charge in [0.15, 0.2) is 0 Å². The van der Waals surface area contributed by atoms with Crippen molar-refractivity contribution in [1.29, 1.82) is 5.26 Å². The molecule has 26 heavy (non-hydrogen) atoms. The van der Waals surface area contributed by atoms with Crippen LogP contribution in [0.1, 0.15) is 41.7 Å². The fourth-order valence-electron chi connectivity index (χ4n) is 3.46. The van der Waals surface area contributed by atoms with E-state index in [0.717, 1.165) is 24.1 Å². The predicted molar refractivity (Wildman–Crippen MR) is 95.6 cm³/mol. The number of hydrogen-bond donors (Lipinski definition) is 2. The Balaban J connectivity index is 1.55. The number of hydrogen-bond acceptors (Lipinski definition) is 4. The van der Waals surface area contributed by atoms with Crippen LogP contribution in [0.15, 0.2) is 30.5 Å². The molecule has 0 atom stereocenters. The highest BCUT2D eigenvalue weighted by Crippen LogP contribution is 2.50. The highest BCUT2D eigenvalue weighted by atomic mass is 16.2. The number of fused-ring (bicyclic) bond motifs is 1. The van der Waals surface area contributed by atoms with Crippen molar-refractivity contribution < 1.29 is 9.59 Å². The van der Waals surface area contributed by atoms with Gasteiger partial charge in [-0.15, -0.1) is 0 Å². The van der Waals surface area contributed by atoms with Gasteiger partial charge in [-0.3, -0.25) is 14.7 Å². The van der Waals surface area contributed by atoms with Crippen molar-refractivity contribution in [1.82, 2.24) is 10.2 Å². The van der Waals surface area contributed by atoms with Crippen molar-refractivity contribution in [3.8, 4) is 6.07 Å². The first kappa shape index (κ1) is 16.3. The Morgan fingerprint density at radius 1 is 1.35 bits per heavy atom. The summed E-state index contributed by atoms with van der Waals surface area (Å²) in [5.74, 6) is -0.145. The Morgan fingerprint density at radius 2 is 2.19 bits per heavy atom. The summed E-state index contributed by atoms with van der Waals surface area (Å²) in [4.78, 5) is 26.4. The zero-order valence-electron chi connectivity index (χ0n) is 14.3. The number of nitrogens with zero attached hydrogens (tertiary/aromatic N) is 3. The third-order valence-electron chi connectivity index (χ3n) is 5.19. The highest BCUT2D eigenvalue weighted by molar-refractivity contribution is 6.03. The smallest absolute Gasteiger partial charge is 0.273 e. The van der Waals surface area contributed by atoms with Crippen LogP contribution in [0.3, 0.4) is 0 Å². The number of aryl methyl sites for hydroxylation is 1. The maximum Gasteiger partial charge on any atom is 0.273 e. The van der Waals surface area contributed by atoms with E-state index in [-0.39, 0.29) is 17.2 Å². The summed E-state index contributed by atoms with van der Waals surface area (Å²) in [6.07, 6.45) is 5.12. The first-order valence-corrected chi connectivity index (χ1v) is 8.71. The molecule has 4 rings (SSSR count). The van der Waals surface area contributed by atoms with E-state index in [9.17, 15) is 9.59 Å². The molecule has 1 aliphatic heterocycles. The van der Waals surface area contributed by atoms with Crippen LogP contribution < -0.4 is 10.2 Å². The largest absolute Gasteiger partial charge is 0.321 e. The molecule has 0 saturated heterocycles. The second kappa shape index (κ2) is 6.30. The van der Waals surface area contributed by atoms with Crippen LogP contribution in [0.25, 0.3) is 0 Å². The number of anilines is 2. The van der Waals surface area contributed by atoms with Crippen LogP contribution in [-0.2, 0) is 11.2 Å². The summed E-state index contributed by atoms with van der Waals surface area (Å²) in [6.45, 7) is 0.603. The van der Waals surface area contributed by atoms with Gasteiger partial charge in [-0.1, -0.05) is 0 Å². The van der Waals surface area contributed by atoms with Gasteiger partial charge in [0, 0.05) is 42.4 Å². The number of benzene rings is 1. The minimum atomic E-state index is -0.253. The van der Waals surface area contributed by atoms with Gasteiger partial charge in [0.05, 0.1) is 6.07 Å². The summed E-state index contributed by atoms with van der Waals surface area (Å²) in [6, 6.07) is 9.48. The summed E-state index contributed by atoms with van der Waals surface area (Å²) in [5, 5.41) is 18.3. The van der Waals surface area contributed by atoms with Gasteiger partial charge in [0.25, 0.3) is 5.91 Å². The fraction of sp³-hybridized carbons (Fsp3) is 0.368. The van der Waals surface area contributed by atoms with Crippen LogP contribution >= 0.6 is 0 Å². The molecule has 0 radical (unpaired) electrons. The zero-order chi connectivity index (χ0) is 18.1. The Labute approximate surface area is 151 Å². The van der Waals surface area contributed by atoms with E-state index in [1.54, 1.807) is 6.07 Å². The maximum atomic E-state index is 12.4. The Bertz CT molecular complexity index is 893. The molecule has 132 valence electrons. The molecule has 0 spiro atoms. The van der Waals surface area contributed by atoms with Gasteiger partial charge in [0.1, 0.15) is 5.69 Å². The second-order valence-electron chi connectivity index (χ2n) is 7.08. The third kappa shape index (κ3) is 3.06. The topological polar surface area (TPSA) is 102 Å². The molecule has 1 saturated carbocycles. The normalized spacial score (nSPS) is 17.3. The van der Waals surface area contributed by atoms with E-state index in [4.69, 9.17) is 5.26 Å². The average molecular weight is 349 g/mol. The Morgan fingerprint density at radius 3 is 2.88 bits per heavy atom. The third-order valence-corrected chi connectivity index (χ3v) is 5.19. The van der Waals surface area contributed by atoms with E-state index >= 15 is 0 Å². The quantitative estimate of drug-likeness (QED) is 0.866. The zero-order valence-corrected chi connectivity index (χ0v) is 14.3. The molecule has 2 amide bonds. The van der Waals surface area contributed by atoms with Gasteiger partial charge in [-0.2, -0.15) is 10.4 Å². The van der Waals surface area contributed by atoms with Crippen molar-refractivity contribution in [3.05, 3.63) is 41.7 Å². The molecule has 2 N–H and O–H groups in total. The standard InChI is InChI=1S/C19H19N5O2/c20-9-8-19(6-7-19)12-24-16-3-2-14(11-13(16)1-4-17(24)25)22-18(26)15-5-10-21-23-15/h2-3,5,10-11H,1,4,6-8,12H2,(H,21,23)(H,22,26). The number of carbonyl (C=O) groups is 2. The summed E-state index contributed by atoms with van der Waals surface area (Å²) < 4.78 is 0. The second-order valence-corrected chi connectivity index (χ2v) is 7.08. The van der Waals surface area contributed by atoms with Crippen LogP contribution in [0.4, 0.5) is 11.4 Å². The van der Waals surface area contributed by atoms with Crippen LogP contribution in [0.5, 0.6) is 0 Å². The van der Waals surface area contributed by atoms with Crippen molar-refractivity contribution in [2.24, 2.45) is 5.41 Å². The van der Waals surface area contributed by atoms with Crippen LogP contribution in [-0.4, -0.2) is 28.6 Å². The molecule has 2 heterocycles. The molecule has 1 aliphatic carbocycles. The van der Waals surface area contributed by atoms with E-state index < -0.39 is 0 Å². The van der Waals surface area contributed by atoms with Crippen LogP contribution in [0, 0.1) is 16.7 Å². The van der Waals surface area contributed by atoms with Crippen molar-refractivity contribution in [3.63, 3.8) is 0 Å². The summed E-state index contributed by atoms with van der Waals surface area (Å²) in [7, 11) is 0. The van der Waals surface area contributed by atoms with Gasteiger partial charge in [-0.25, -0.2) is 0 Å². The van der Waals surface area contributed by atoms with Gasteiger partial charge in [0.2, 0.25) is 5.91 Å². The van der Waals surface area contributed by atoms with E-state index in [1.165, 1.54) is 6.20 Å². The predicted octanol–water partition coefficient (Wildman–Crippen LogP) is 2.64. The molecule has 1 fully saturated rings. The number of rotatable bonds is 5. The summed E-state index contributed by atoms with van der Waals surface area (Å²) in [5.41, 5.74) is 2.99. The molecule has 7 nitrogen and oxygen atoms in total. The number of H-pyrrole nitrogens is 1.